The maximum absolute atomic E-state index is 15.4. The zero-order valence-electron chi connectivity index (χ0n) is 16.6. The van der Waals surface area contributed by atoms with Gasteiger partial charge in [-0.25, -0.2) is 4.39 Å². The number of halogens is 4. The number of amides is 1. The van der Waals surface area contributed by atoms with Gasteiger partial charge in [0, 0.05) is 34.7 Å². The van der Waals surface area contributed by atoms with Crippen LogP contribution in [0.25, 0.3) is 11.1 Å². The monoisotopic (exact) mass is 462 g/mol. The molecule has 0 bridgehead atoms. The molecule has 0 fully saturated rings. The Bertz CT molecular complexity index is 1190. The second kappa shape index (κ2) is 8.37. The molecule has 4 rings (SSSR count). The van der Waals surface area contributed by atoms with Crippen LogP contribution >= 0.6 is 11.6 Å². The van der Waals surface area contributed by atoms with Gasteiger partial charge in [0.1, 0.15) is 5.75 Å². The Hall–Kier alpha value is -3.23. The number of hydrogen-bond acceptors (Lipinski definition) is 4. The number of rotatable bonds is 6. The van der Waals surface area contributed by atoms with Crippen molar-refractivity contribution in [2.75, 3.05) is 6.54 Å². The molecule has 0 aromatic heterocycles. The number of ether oxygens (including phenoxy) is 2. The van der Waals surface area contributed by atoms with Crippen LogP contribution in [0.2, 0.25) is 5.02 Å². The molecule has 32 heavy (non-hydrogen) atoms. The summed E-state index contributed by atoms with van der Waals surface area (Å²) in [4.78, 5) is 12.1. The van der Waals surface area contributed by atoms with Gasteiger partial charge >= 0.3 is 6.61 Å². The largest absolute Gasteiger partial charge is 0.481 e. The van der Waals surface area contributed by atoms with Crippen LogP contribution in [0.1, 0.15) is 21.5 Å². The van der Waals surface area contributed by atoms with Gasteiger partial charge in [-0.1, -0.05) is 41.9 Å². The third-order valence-corrected chi connectivity index (χ3v) is 5.77. The normalized spacial score (nSPS) is 17.2. The van der Waals surface area contributed by atoms with Gasteiger partial charge in [-0.3, -0.25) is 4.79 Å². The van der Waals surface area contributed by atoms with Crippen molar-refractivity contribution in [2.24, 2.45) is 11.5 Å². The first kappa shape index (κ1) is 22.0. The highest BCUT2D eigenvalue weighted by molar-refractivity contribution is 6.34. The summed E-state index contributed by atoms with van der Waals surface area (Å²) in [6, 6.07) is 14.4. The average Bonchev–Trinajstić information content (AvgIpc) is 3.16. The minimum Gasteiger partial charge on any atom is -0.481 e. The van der Waals surface area contributed by atoms with Gasteiger partial charge in [-0.2, -0.15) is 8.78 Å². The molecule has 0 saturated heterocycles. The fourth-order valence-corrected chi connectivity index (χ4v) is 4.27. The second-order valence-corrected chi connectivity index (χ2v) is 7.69. The quantitative estimate of drug-likeness (QED) is 0.559. The Kier molecular flexibility index (Phi) is 5.75. The van der Waals surface area contributed by atoms with Crippen LogP contribution in [0, 0.1) is 5.82 Å². The standard InChI is InChI=1S/C23H18ClF3N2O3/c24-15-7-9-16-14(10-23(11-28,32-16)12-4-2-1-3-5-12)18(15)19-13(21(29)30)6-8-17(20(19)25)31-22(26)27/h1-9,22H,10-11,28H2,(H2,29,30). The first-order valence-electron chi connectivity index (χ1n) is 9.61. The number of carbonyl (C=O) groups is 1. The van der Waals surface area contributed by atoms with Crippen LogP contribution in [0.4, 0.5) is 13.2 Å². The summed E-state index contributed by atoms with van der Waals surface area (Å²) < 4.78 is 51.5. The van der Waals surface area contributed by atoms with E-state index in [1.165, 1.54) is 6.07 Å². The molecule has 0 saturated carbocycles. The zero-order valence-corrected chi connectivity index (χ0v) is 17.3. The molecule has 1 heterocycles. The van der Waals surface area contributed by atoms with Crippen molar-refractivity contribution in [1.29, 1.82) is 0 Å². The molecule has 3 aromatic rings. The lowest BCUT2D eigenvalue weighted by molar-refractivity contribution is -0.0521. The van der Waals surface area contributed by atoms with Crippen LogP contribution < -0.4 is 20.9 Å². The molecule has 0 spiro atoms. The predicted molar refractivity (Wildman–Crippen MR) is 114 cm³/mol. The zero-order chi connectivity index (χ0) is 23.0. The van der Waals surface area contributed by atoms with E-state index in [0.717, 1.165) is 17.7 Å². The number of nitrogens with two attached hydrogens (primary N) is 2. The van der Waals surface area contributed by atoms with Crippen molar-refractivity contribution in [2.45, 2.75) is 18.6 Å². The first-order valence-corrected chi connectivity index (χ1v) is 9.98. The molecule has 0 aliphatic carbocycles. The maximum atomic E-state index is 15.4. The molecule has 5 nitrogen and oxygen atoms in total. The molecule has 4 N–H and O–H groups in total. The molecule has 9 heteroatoms. The summed E-state index contributed by atoms with van der Waals surface area (Å²) in [6.07, 6.45) is 0.205. The van der Waals surface area contributed by atoms with E-state index < -0.39 is 29.7 Å². The van der Waals surface area contributed by atoms with Gasteiger partial charge in [0.2, 0.25) is 5.91 Å². The Labute approximate surface area is 186 Å². The lowest BCUT2D eigenvalue weighted by Crippen LogP contribution is -2.39. The molecule has 1 amide bonds. The van der Waals surface area contributed by atoms with Gasteiger partial charge in [0.25, 0.3) is 0 Å². The summed E-state index contributed by atoms with van der Waals surface area (Å²) in [5, 5.41) is 0.0869. The van der Waals surface area contributed by atoms with Crippen molar-refractivity contribution in [3.8, 4) is 22.6 Å². The average molecular weight is 463 g/mol. The smallest absolute Gasteiger partial charge is 0.387 e. The summed E-state index contributed by atoms with van der Waals surface area (Å²) in [6.45, 7) is -3.16. The summed E-state index contributed by atoms with van der Waals surface area (Å²) in [7, 11) is 0. The third kappa shape index (κ3) is 3.65. The van der Waals surface area contributed by atoms with Crippen LogP contribution in [-0.4, -0.2) is 19.1 Å². The molecule has 1 aliphatic rings. The van der Waals surface area contributed by atoms with Crippen molar-refractivity contribution in [3.05, 3.63) is 82.1 Å². The predicted octanol–water partition coefficient (Wildman–Crippen LogP) is 4.64. The summed E-state index contributed by atoms with van der Waals surface area (Å²) in [5.74, 6) is -2.49. The molecule has 1 unspecified atom stereocenters. The summed E-state index contributed by atoms with van der Waals surface area (Å²) in [5.41, 5.74) is 11.4. The SMILES string of the molecule is NCC1(c2ccccc2)Cc2c(ccc(Cl)c2-c2c(C(N)=O)ccc(OC(F)F)c2F)O1. The van der Waals surface area contributed by atoms with Gasteiger partial charge in [0.05, 0.1) is 5.56 Å². The number of benzene rings is 3. The lowest BCUT2D eigenvalue weighted by Gasteiger charge is -2.27. The van der Waals surface area contributed by atoms with Crippen molar-refractivity contribution < 1.29 is 27.4 Å². The van der Waals surface area contributed by atoms with Crippen molar-refractivity contribution in [1.82, 2.24) is 0 Å². The van der Waals surface area contributed by atoms with Crippen molar-refractivity contribution >= 4 is 17.5 Å². The number of primary amides is 1. The Morgan fingerprint density at radius 3 is 2.47 bits per heavy atom. The topological polar surface area (TPSA) is 87.6 Å². The van der Waals surface area contributed by atoms with E-state index in [9.17, 15) is 13.6 Å². The highest BCUT2D eigenvalue weighted by Gasteiger charge is 2.42. The molecule has 166 valence electrons. The van der Waals surface area contributed by atoms with Gasteiger partial charge in [-0.15, -0.1) is 0 Å². The van der Waals surface area contributed by atoms with E-state index >= 15 is 4.39 Å². The van der Waals surface area contributed by atoms with E-state index in [2.05, 4.69) is 4.74 Å². The Morgan fingerprint density at radius 2 is 1.84 bits per heavy atom. The molecule has 0 radical (unpaired) electrons. The lowest BCUT2D eigenvalue weighted by atomic mass is 9.85. The Morgan fingerprint density at radius 1 is 1.12 bits per heavy atom. The fourth-order valence-electron chi connectivity index (χ4n) is 4.00. The summed E-state index contributed by atoms with van der Waals surface area (Å²) >= 11 is 6.44. The minimum atomic E-state index is -3.26. The van der Waals surface area contributed by atoms with E-state index in [1.807, 2.05) is 30.3 Å². The highest BCUT2D eigenvalue weighted by Crippen LogP contribution is 2.49. The molecular formula is C23H18ClF3N2O3. The van der Waals surface area contributed by atoms with Crippen LogP contribution in [-0.2, 0) is 12.0 Å². The van der Waals surface area contributed by atoms with Gasteiger partial charge in [0.15, 0.2) is 17.2 Å². The third-order valence-electron chi connectivity index (χ3n) is 5.45. The van der Waals surface area contributed by atoms with Crippen LogP contribution in [0.3, 0.4) is 0 Å². The molecular weight excluding hydrogens is 445 g/mol. The second-order valence-electron chi connectivity index (χ2n) is 7.29. The van der Waals surface area contributed by atoms with Crippen LogP contribution in [0.15, 0.2) is 54.6 Å². The Balaban J connectivity index is 1.94. The molecule has 1 atom stereocenters. The van der Waals surface area contributed by atoms with E-state index in [1.54, 1.807) is 6.07 Å². The molecule has 1 aliphatic heterocycles. The highest BCUT2D eigenvalue weighted by atomic mass is 35.5. The van der Waals surface area contributed by atoms with Gasteiger partial charge in [-0.05, 0) is 29.8 Å². The number of hydrogen-bond donors (Lipinski definition) is 2. The minimum absolute atomic E-state index is 0.0869. The van der Waals surface area contributed by atoms with E-state index in [0.29, 0.717) is 11.3 Å². The van der Waals surface area contributed by atoms with Crippen molar-refractivity contribution in [3.63, 3.8) is 0 Å². The number of alkyl halides is 2. The van der Waals surface area contributed by atoms with E-state index in [4.69, 9.17) is 27.8 Å². The first-order chi connectivity index (χ1) is 15.3. The molecule has 3 aromatic carbocycles. The fraction of sp³-hybridized carbons (Fsp3) is 0.174. The number of carbonyl (C=O) groups excluding carboxylic acids is 1. The maximum Gasteiger partial charge on any atom is 0.387 e. The van der Waals surface area contributed by atoms with E-state index in [-0.39, 0.29) is 34.7 Å². The number of fused-ring (bicyclic) bond motifs is 1. The van der Waals surface area contributed by atoms with Gasteiger partial charge < -0.3 is 20.9 Å². The van der Waals surface area contributed by atoms with Crippen LogP contribution in [0.5, 0.6) is 11.5 Å².